The minimum atomic E-state index is 0.270. The molecule has 1 fully saturated rings. The predicted molar refractivity (Wildman–Crippen MR) is 62.4 cm³/mol. The number of ether oxygens (including phenoxy) is 1. The van der Waals surface area contributed by atoms with Gasteiger partial charge in [0.15, 0.2) is 5.11 Å². The van der Waals surface area contributed by atoms with Crippen molar-refractivity contribution in [3.05, 3.63) is 0 Å². The molecule has 0 saturated heterocycles. The Morgan fingerprint density at radius 2 is 2.21 bits per heavy atom. The van der Waals surface area contributed by atoms with Gasteiger partial charge < -0.3 is 15.4 Å². The maximum atomic E-state index is 5.16. The third kappa shape index (κ3) is 4.24. The van der Waals surface area contributed by atoms with E-state index >= 15 is 0 Å². The summed E-state index contributed by atoms with van der Waals surface area (Å²) in [5.41, 5.74) is 0.496. The fourth-order valence-corrected chi connectivity index (χ4v) is 1.52. The molecule has 1 atom stereocenters. The normalized spacial score (nSPS) is 19.9. The first-order chi connectivity index (χ1) is 6.56. The Labute approximate surface area is 91.6 Å². The zero-order valence-electron chi connectivity index (χ0n) is 9.22. The van der Waals surface area contributed by atoms with E-state index in [1.165, 1.54) is 12.8 Å². The molecule has 0 aromatic heterocycles. The van der Waals surface area contributed by atoms with Gasteiger partial charge in [0.25, 0.3) is 0 Å². The highest BCUT2D eigenvalue weighted by Crippen LogP contribution is 2.43. The third-order valence-electron chi connectivity index (χ3n) is 2.57. The highest BCUT2D eigenvalue weighted by atomic mass is 32.1. The van der Waals surface area contributed by atoms with Crippen LogP contribution in [0.5, 0.6) is 0 Å². The van der Waals surface area contributed by atoms with Crippen molar-refractivity contribution >= 4 is 17.3 Å². The highest BCUT2D eigenvalue weighted by Gasteiger charge is 2.36. The number of thiocarbonyl (C=S) groups is 1. The van der Waals surface area contributed by atoms with Crippen LogP contribution in [-0.2, 0) is 4.74 Å². The topological polar surface area (TPSA) is 33.3 Å². The second-order valence-electron chi connectivity index (χ2n) is 4.49. The van der Waals surface area contributed by atoms with E-state index in [9.17, 15) is 0 Å². The Morgan fingerprint density at radius 3 is 2.71 bits per heavy atom. The van der Waals surface area contributed by atoms with Gasteiger partial charge in [0.2, 0.25) is 0 Å². The summed E-state index contributed by atoms with van der Waals surface area (Å²) in [6.07, 6.45) is 2.63. The number of rotatable bonds is 5. The van der Waals surface area contributed by atoms with E-state index in [4.69, 9.17) is 17.0 Å². The molecule has 0 radical (unpaired) electrons. The number of hydrogen-bond acceptors (Lipinski definition) is 2. The fraction of sp³-hybridized carbons (Fsp3) is 0.900. The molecule has 0 heterocycles. The van der Waals surface area contributed by atoms with Gasteiger partial charge >= 0.3 is 0 Å². The molecule has 1 rings (SSSR count). The molecule has 1 aliphatic carbocycles. The minimum absolute atomic E-state index is 0.270. The Hall–Kier alpha value is -0.350. The van der Waals surface area contributed by atoms with Crippen LogP contribution < -0.4 is 10.6 Å². The molecule has 1 unspecified atom stereocenters. The van der Waals surface area contributed by atoms with Crippen LogP contribution in [-0.4, -0.2) is 31.4 Å². The average Bonchev–Trinajstić information content (AvgIpc) is 2.82. The zero-order chi connectivity index (χ0) is 10.6. The van der Waals surface area contributed by atoms with Crippen molar-refractivity contribution in [2.45, 2.75) is 32.7 Å². The fourth-order valence-electron chi connectivity index (χ4n) is 1.25. The van der Waals surface area contributed by atoms with Crippen LogP contribution in [0.1, 0.15) is 26.7 Å². The quantitative estimate of drug-likeness (QED) is 0.678. The Bertz CT molecular complexity index is 204. The molecule has 2 N–H and O–H groups in total. The van der Waals surface area contributed by atoms with Crippen LogP contribution >= 0.6 is 12.2 Å². The Morgan fingerprint density at radius 1 is 1.57 bits per heavy atom. The summed E-state index contributed by atoms with van der Waals surface area (Å²) in [5.74, 6) is 0. The third-order valence-corrected chi connectivity index (χ3v) is 2.84. The summed E-state index contributed by atoms with van der Waals surface area (Å²) in [7, 11) is 1.69. The molecule has 0 spiro atoms. The number of nitrogens with one attached hydrogen (secondary N) is 2. The van der Waals surface area contributed by atoms with Crippen molar-refractivity contribution < 1.29 is 4.74 Å². The van der Waals surface area contributed by atoms with Crippen molar-refractivity contribution in [2.24, 2.45) is 5.41 Å². The predicted octanol–water partition coefficient (Wildman–Crippen LogP) is 1.29. The lowest BCUT2D eigenvalue weighted by Crippen LogP contribution is -2.43. The van der Waals surface area contributed by atoms with Crippen molar-refractivity contribution in [3.8, 4) is 0 Å². The monoisotopic (exact) mass is 216 g/mol. The van der Waals surface area contributed by atoms with Crippen LogP contribution in [0.25, 0.3) is 0 Å². The first-order valence-electron chi connectivity index (χ1n) is 5.09. The van der Waals surface area contributed by atoms with Gasteiger partial charge in [0, 0.05) is 19.7 Å². The molecule has 82 valence electrons. The maximum Gasteiger partial charge on any atom is 0.166 e. The largest absolute Gasteiger partial charge is 0.383 e. The average molecular weight is 216 g/mol. The molecule has 1 aliphatic rings. The van der Waals surface area contributed by atoms with Gasteiger partial charge in [-0.05, 0) is 37.4 Å². The SMILES string of the molecule is COCC(C)NC(=S)NCC1(C)CC1. The first kappa shape index (κ1) is 11.7. The van der Waals surface area contributed by atoms with Crippen molar-refractivity contribution in [3.63, 3.8) is 0 Å². The van der Waals surface area contributed by atoms with Crippen LogP contribution in [0.3, 0.4) is 0 Å². The molecule has 1 saturated carbocycles. The lowest BCUT2D eigenvalue weighted by molar-refractivity contribution is 0.179. The summed E-state index contributed by atoms with van der Waals surface area (Å²) < 4.78 is 5.01. The zero-order valence-corrected chi connectivity index (χ0v) is 10.0. The van der Waals surface area contributed by atoms with Crippen LogP contribution in [0, 0.1) is 5.41 Å². The second kappa shape index (κ2) is 4.94. The number of methoxy groups -OCH3 is 1. The Kier molecular flexibility index (Phi) is 4.13. The van der Waals surface area contributed by atoms with Gasteiger partial charge in [0.05, 0.1) is 6.61 Å². The van der Waals surface area contributed by atoms with E-state index in [-0.39, 0.29) is 6.04 Å². The summed E-state index contributed by atoms with van der Waals surface area (Å²) in [6, 6.07) is 0.270. The lowest BCUT2D eigenvalue weighted by atomic mass is 10.1. The first-order valence-corrected chi connectivity index (χ1v) is 5.50. The maximum absolute atomic E-state index is 5.16. The van der Waals surface area contributed by atoms with E-state index < -0.39 is 0 Å². The molecular formula is C10H20N2OS. The highest BCUT2D eigenvalue weighted by molar-refractivity contribution is 7.80. The van der Waals surface area contributed by atoms with Crippen molar-refractivity contribution in [1.82, 2.24) is 10.6 Å². The smallest absolute Gasteiger partial charge is 0.166 e. The molecular weight excluding hydrogens is 196 g/mol. The van der Waals surface area contributed by atoms with Gasteiger partial charge in [-0.1, -0.05) is 6.92 Å². The van der Waals surface area contributed by atoms with Crippen molar-refractivity contribution in [2.75, 3.05) is 20.3 Å². The van der Waals surface area contributed by atoms with E-state index in [1.807, 2.05) is 0 Å². The van der Waals surface area contributed by atoms with Crippen LogP contribution in [0.2, 0.25) is 0 Å². The molecule has 0 amide bonds. The summed E-state index contributed by atoms with van der Waals surface area (Å²) in [4.78, 5) is 0. The van der Waals surface area contributed by atoms with E-state index in [2.05, 4.69) is 24.5 Å². The van der Waals surface area contributed by atoms with Gasteiger partial charge in [-0.15, -0.1) is 0 Å². The van der Waals surface area contributed by atoms with Gasteiger partial charge in [0.1, 0.15) is 0 Å². The van der Waals surface area contributed by atoms with Gasteiger partial charge in [-0.3, -0.25) is 0 Å². The minimum Gasteiger partial charge on any atom is -0.383 e. The van der Waals surface area contributed by atoms with E-state index in [0.717, 1.165) is 11.7 Å². The number of hydrogen-bond donors (Lipinski definition) is 2. The molecule has 3 nitrogen and oxygen atoms in total. The van der Waals surface area contributed by atoms with E-state index in [1.54, 1.807) is 7.11 Å². The van der Waals surface area contributed by atoms with Gasteiger partial charge in [-0.2, -0.15) is 0 Å². The summed E-state index contributed by atoms with van der Waals surface area (Å²) >= 11 is 5.16. The molecule has 0 aliphatic heterocycles. The lowest BCUT2D eigenvalue weighted by Gasteiger charge is -2.17. The Balaban J connectivity index is 2.09. The van der Waals surface area contributed by atoms with Crippen LogP contribution in [0.15, 0.2) is 0 Å². The standard InChI is InChI=1S/C10H20N2OS/c1-8(6-13-3)12-9(14)11-7-10(2)4-5-10/h8H,4-7H2,1-3H3,(H2,11,12,14). The second-order valence-corrected chi connectivity index (χ2v) is 4.90. The molecule has 4 heteroatoms. The summed E-state index contributed by atoms with van der Waals surface area (Å²) in [6.45, 7) is 6.00. The molecule has 0 aromatic carbocycles. The van der Waals surface area contributed by atoms with Crippen LogP contribution in [0.4, 0.5) is 0 Å². The molecule has 0 bridgehead atoms. The van der Waals surface area contributed by atoms with Gasteiger partial charge in [-0.25, -0.2) is 0 Å². The van der Waals surface area contributed by atoms with E-state index in [0.29, 0.717) is 12.0 Å². The van der Waals surface area contributed by atoms with Crippen molar-refractivity contribution in [1.29, 1.82) is 0 Å². The summed E-state index contributed by atoms with van der Waals surface area (Å²) in [5, 5.41) is 7.15. The molecule has 0 aromatic rings. The molecule has 14 heavy (non-hydrogen) atoms.